The summed E-state index contributed by atoms with van der Waals surface area (Å²) in [6, 6.07) is 13.8. The van der Waals surface area contributed by atoms with E-state index in [0.717, 1.165) is 16.8 Å². The molecule has 0 aliphatic rings. The smallest absolute Gasteiger partial charge is 0.335 e. The van der Waals surface area contributed by atoms with Gasteiger partial charge < -0.3 is 15.7 Å². The number of anilines is 1. The molecule has 0 saturated carbocycles. The maximum Gasteiger partial charge on any atom is 0.335 e. The number of carboxylic acid groups (broad SMARTS) is 1. The number of benzene rings is 2. The largest absolute Gasteiger partial charge is 0.478 e. The van der Waals surface area contributed by atoms with Gasteiger partial charge in [-0.3, -0.25) is 0 Å². The van der Waals surface area contributed by atoms with Crippen molar-refractivity contribution in [3.8, 4) is 0 Å². The lowest BCUT2D eigenvalue weighted by molar-refractivity contribution is 0.0697. The van der Waals surface area contributed by atoms with Gasteiger partial charge in [-0.1, -0.05) is 51.1 Å². The van der Waals surface area contributed by atoms with Crippen LogP contribution in [0.25, 0.3) is 0 Å². The number of hydrogen-bond acceptors (Lipinski definition) is 2. The summed E-state index contributed by atoms with van der Waals surface area (Å²) in [4.78, 5) is 22.9. The van der Waals surface area contributed by atoms with Gasteiger partial charge in [0.2, 0.25) is 0 Å². The van der Waals surface area contributed by atoms with Gasteiger partial charge in [0, 0.05) is 12.2 Å². The first kappa shape index (κ1) is 17.5. The lowest BCUT2D eigenvalue weighted by Crippen LogP contribution is -2.29. The summed E-state index contributed by atoms with van der Waals surface area (Å²) in [5, 5.41) is 14.5. The Morgan fingerprint density at radius 2 is 1.62 bits per heavy atom. The van der Waals surface area contributed by atoms with Crippen LogP contribution in [0.1, 0.15) is 42.3 Å². The number of carbonyl (C=O) groups is 2. The van der Waals surface area contributed by atoms with Crippen LogP contribution in [0, 0.1) is 0 Å². The van der Waals surface area contributed by atoms with Crippen molar-refractivity contribution in [3.05, 3.63) is 65.2 Å². The van der Waals surface area contributed by atoms with Crippen molar-refractivity contribution in [1.82, 2.24) is 5.32 Å². The molecule has 0 heterocycles. The lowest BCUT2D eigenvalue weighted by atomic mass is 9.86. The summed E-state index contributed by atoms with van der Waals surface area (Å²) in [6.07, 6.45) is 0. The third kappa shape index (κ3) is 4.59. The van der Waals surface area contributed by atoms with Crippen molar-refractivity contribution in [2.24, 2.45) is 0 Å². The standard InChI is InChI=1S/C19H22N2O3/c1-19(2,3)15-6-4-5-7-16(15)21-18(24)20-12-13-8-10-14(11-9-13)17(22)23/h4-11H,12H2,1-3H3,(H,22,23)(H2,20,21,24). The van der Waals surface area contributed by atoms with Crippen molar-refractivity contribution < 1.29 is 14.7 Å². The minimum atomic E-state index is -0.967. The van der Waals surface area contributed by atoms with Crippen LogP contribution in [0.15, 0.2) is 48.5 Å². The topological polar surface area (TPSA) is 78.4 Å². The van der Waals surface area contributed by atoms with Crippen LogP contribution < -0.4 is 10.6 Å². The molecule has 24 heavy (non-hydrogen) atoms. The van der Waals surface area contributed by atoms with E-state index in [4.69, 9.17) is 5.11 Å². The van der Waals surface area contributed by atoms with Crippen LogP contribution in [0.3, 0.4) is 0 Å². The van der Waals surface area contributed by atoms with E-state index in [0.29, 0.717) is 6.54 Å². The number of carbonyl (C=O) groups excluding carboxylic acids is 1. The minimum Gasteiger partial charge on any atom is -0.478 e. The van der Waals surface area contributed by atoms with Crippen LogP contribution in [-0.4, -0.2) is 17.1 Å². The first-order chi connectivity index (χ1) is 11.3. The molecule has 0 aliphatic heterocycles. The number of urea groups is 1. The molecule has 0 saturated heterocycles. The second-order valence-corrected chi connectivity index (χ2v) is 6.61. The third-order valence-corrected chi connectivity index (χ3v) is 3.64. The Hall–Kier alpha value is -2.82. The summed E-state index contributed by atoms with van der Waals surface area (Å²) < 4.78 is 0. The zero-order valence-electron chi connectivity index (χ0n) is 14.1. The molecule has 0 aromatic heterocycles. The molecule has 2 aromatic carbocycles. The van der Waals surface area contributed by atoms with E-state index in [1.807, 2.05) is 24.3 Å². The van der Waals surface area contributed by atoms with Gasteiger partial charge in [-0.2, -0.15) is 0 Å². The van der Waals surface area contributed by atoms with Crippen molar-refractivity contribution in [2.75, 3.05) is 5.32 Å². The summed E-state index contributed by atoms with van der Waals surface area (Å²) in [5.41, 5.74) is 2.83. The van der Waals surface area contributed by atoms with E-state index in [9.17, 15) is 9.59 Å². The monoisotopic (exact) mass is 326 g/mol. The summed E-state index contributed by atoms with van der Waals surface area (Å²) in [7, 11) is 0. The molecule has 2 amide bonds. The molecule has 0 spiro atoms. The van der Waals surface area contributed by atoms with Gasteiger partial charge in [0.25, 0.3) is 0 Å². The summed E-state index contributed by atoms with van der Waals surface area (Å²) in [6.45, 7) is 6.60. The Labute approximate surface area is 141 Å². The molecule has 126 valence electrons. The average molecular weight is 326 g/mol. The first-order valence-corrected chi connectivity index (χ1v) is 7.74. The third-order valence-electron chi connectivity index (χ3n) is 3.64. The highest BCUT2D eigenvalue weighted by molar-refractivity contribution is 5.90. The van der Waals surface area contributed by atoms with Gasteiger partial charge in [0.05, 0.1) is 5.56 Å². The van der Waals surface area contributed by atoms with Crippen LogP contribution in [0.4, 0.5) is 10.5 Å². The molecule has 2 rings (SSSR count). The van der Waals surface area contributed by atoms with Gasteiger partial charge >= 0.3 is 12.0 Å². The van der Waals surface area contributed by atoms with Gasteiger partial charge in [0.15, 0.2) is 0 Å². The number of rotatable bonds is 4. The zero-order valence-corrected chi connectivity index (χ0v) is 14.1. The normalized spacial score (nSPS) is 11.0. The van der Waals surface area contributed by atoms with Crippen molar-refractivity contribution in [1.29, 1.82) is 0 Å². The molecule has 0 aliphatic carbocycles. The molecule has 0 unspecified atom stereocenters. The van der Waals surface area contributed by atoms with Crippen molar-refractivity contribution in [2.45, 2.75) is 32.7 Å². The molecule has 0 bridgehead atoms. The second kappa shape index (κ2) is 7.17. The van der Waals surface area contributed by atoms with Gasteiger partial charge in [0.1, 0.15) is 0 Å². The second-order valence-electron chi connectivity index (χ2n) is 6.61. The van der Waals surface area contributed by atoms with Crippen molar-refractivity contribution in [3.63, 3.8) is 0 Å². The predicted octanol–water partition coefficient (Wildman–Crippen LogP) is 4.00. The van der Waals surface area contributed by atoms with Crippen LogP contribution in [0.2, 0.25) is 0 Å². The fourth-order valence-electron chi connectivity index (χ4n) is 2.36. The van der Waals surface area contributed by atoms with E-state index in [-0.39, 0.29) is 17.0 Å². The number of carboxylic acids is 1. The Morgan fingerprint density at radius 1 is 1.00 bits per heavy atom. The molecule has 5 heteroatoms. The van der Waals surface area contributed by atoms with E-state index in [2.05, 4.69) is 31.4 Å². The minimum absolute atomic E-state index is 0.0729. The Bertz CT molecular complexity index is 731. The first-order valence-electron chi connectivity index (χ1n) is 7.74. The zero-order chi connectivity index (χ0) is 17.7. The van der Waals surface area contributed by atoms with Crippen molar-refractivity contribution >= 4 is 17.7 Å². The van der Waals surface area contributed by atoms with E-state index >= 15 is 0 Å². The number of para-hydroxylation sites is 1. The highest BCUT2D eigenvalue weighted by Crippen LogP contribution is 2.29. The van der Waals surface area contributed by atoms with E-state index in [1.54, 1.807) is 12.1 Å². The molecule has 5 nitrogen and oxygen atoms in total. The molecular formula is C19H22N2O3. The predicted molar refractivity (Wildman–Crippen MR) is 94.4 cm³/mol. The Kier molecular flexibility index (Phi) is 5.24. The summed E-state index contributed by atoms with van der Waals surface area (Å²) >= 11 is 0. The van der Waals surface area contributed by atoms with E-state index in [1.165, 1.54) is 12.1 Å². The average Bonchev–Trinajstić information content (AvgIpc) is 2.53. The van der Waals surface area contributed by atoms with Gasteiger partial charge in [-0.25, -0.2) is 9.59 Å². The molecule has 2 aromatic rings. The molecule has 0 atom stereocenters. The highest BCUT2D eigenvalue weighted by Gasteiger charge is 2.18. The maximum atomic E-state index is 12.1. The Morgan fingerprint density at radius 3 is 2.21 bits per heavy atom. The summed E-state index contributed by atoms with van der Waals surface area (Å²) in [5.74, 6) is -0.967. The molecule has 3 N–H and O–H groups in total. The van der Waals surface area contributed by atoms with Crippen LogP contribution >= 0.6 is 0 Å². The number of amides is 2. The number of hydrogen-bond donors (Lipinski definition) is 3. The quantitative estimate of drug-likeness (QED) is 0.794. The number of aromatic carboxylic acids is 1. The van der Waals surface area contributed by atoms with Gasteiger partial charge in [-0.15, -0.1) is 0 Å². The lowest BCUT2D eigenvalue weighted by Gasteiger charge is -2.23. The fourth-order valence-corrected chi connectivity index (χ4v) is 2.36. The van der Waals surface area contributed by atoms with Gasteiger partial charge in [-0.05, 0) is 34.7 Å². The Balaban J connectivity index is 1.98. The van der Waals surface area contributed by atoms with E-state index < -0.39 is 5.97 Å². The molecule has 0 fully saturated rings. The molecule has 0 radical (unpaired) electrons. The fraction of sp³-hybridized carbons (Fsp3) is 0.263. The maximum absolute atomic E-state index is 12.1. The highest BCUT2D eigenvalue weighted by atomic mass is 16.4. The van der Waals surface area contributed by atoms with Crippen LogP contribution in [-0.2, 0) is 12.0 Å². The SMILES string of the molecule is CC(C)(C)c1ccccc1NC(=O)NCc1ccc(C(=O)O)cc1. The number of nitrogens with one attached hydrogen (secondary N) is 2. The van der Waals surface area contributed by atoms with Crippen LogP contribution in [0.5, 0.6) is 0 Å². The molecular weight excluding hydrogens is 304 g/mol.